The van der Waals surface area contributed by atoms with Gasteiger partial charge in [-0.1, -0.05) is 23.5 Å². The van der Waals surface area contributed by atoms with E-state index in [0.29, 0.717) is 10.7 Å². The van der Waals surface area contributed by atoms with Gasteiger partial charge in [-0.25, -0.2) is 0 Å². The molecule has 2 N–H and O–H groups in total. The Kier molecular flexibility index (Phi) is 4.09. The smallest absolute Gasteiger partial charge is 0.281 e. The number of nitrogens with one attached hydrogen (secondary N) is 1. The molecule has 9 heteroatoms. The summed E-state index contributed by atoms with van der Waals surface area (Å²) in [7, 11) is 0. The molecule has 0 aliphatic heterocycles. The minimum Gasteiger partial charge on any atom is -0.505 e. The van der Waals surface area contributed by atoms with Gasteiger partial charge in [0.2, 0.25) is 5.13 Å². The summed E-state index contributed by atoms with van der Waals surface area (Å²) in [4.78, 5) is 24.4. The van der Waals surface area contributed by atoms with Crippen LogP contribution in [0, 0.1) is 13.8 Å². The fourth-order valence-electron chi connectivity index (χ4n) is 2.06. The number of hydrogen-bond acceptors (Lipinski definition) is 7. The summed E-state index contributed by atoms with van der Waals surface area (Å²) in [6, 6.07) is 8.04. The van der Waals surface area contributed by atoms with Gasteiger partial charge in [-0.3, -0.25) is 14.9 Å². The van der Waals surface area contributed by atoms with Crippen molar-refractivity contribution in [2.45, 2.75) is 13.8 Å². The molecule has 0 aliphatic carbocycles. The summed E-state index contributed by atoms with van der Waals surface area (Å²) < 4.78 is 1.06. The van der Waals surface area contributed by atoms with Crippen molar-refractivity contribution in [3.05, 3.63) is 57.0 Å². The van der Waals surface area contributed by atoms with E-state index in [1.165, 1.54) is 11.3 Å². The van der Waals surface area contributed by atoms with E-state index < -0.39 is 17.2 Å². The second kappa shape index (κ2) is 6.20. The van der Waals surface area contributed by atoms with Crippen LogP contribution >= 0.6 is 11.3 Å². The molecule has 0 aliphatic rings. The fraction of sp³-hybridized carbons (Fsp3) is 0.133. The van der Waals surface area contributed by atoms with E-state index in [1.807, 2.05) is 13.0 Å². The highest BCUT2D eigenvalue weighted by atomic mass is 32.1. The molecule has 0 saturated carbocycles. The van der Waals surface area contributed by atoms with Crippen LogP contribution in [0.4, 0.5) is 5.13 Å². The Morgan fingerprint density at radius 3 is 2.71 bits per heavy atom. The largest absolute Gasteiger partial charge is 0.505 e. The summed E-state index contributed by atoms with van der Waals surface area (Å²) >= 11 is 1.19. The van der Waals surface area contributed by atoms with E-state index >= 15 is 0 Å². The zero-order chi connectivity index (χ0) is 17.3. The van der Waals surface area contributed by atoms with Gasteiger partial charge in [0.15, 0.2) is 11.4 Å². The zero-order valence-corrected chi connectivity index (χ0v) is 13.7. The van der Waals surface area contributed by atoms with Crippen LogP contribution in [0.1, 0.15) is 21.1 Å². The summed E-state index contributed by atoms with van der Waals surface area (Å²) in [5.41, 5.74) is 0.621. The van der Waals surface area contributed by atoms with Gasteiger partial charge in [-0.2, -0.15) is 9.78 Å². The number of hydrogen-bond donors (Lipinski definition) is 2. The molecule has 8 nitrogen and oxygen atoms in total. The van der Waals surface area contributed by atoms with E-state index in [9.17, 15) is 14.7 Å². The van der Waals surface area contributed by atoms with Gasteiger partial charge in [0.1, 0.15) is 5.01 Å². The number of aromatic nitrogens is 4. The highest BCUT2D eigenvalue weighted by Crippen LogP contribution is 2.18. The minimum atomic E-state index is -0.676. The lowest BCUT2D eigenvalue weighted by Crippen LogP contribution is -2.25. The van der Waals surface area contributed by atoms with Crippen LogP contribution in [0.15, 0.2) is 35.1 Å². The van der Waals surface area contributed by atoms with E-state index in [4.69, 9.17) is 0 Å². The Balaban J connectivity index is 2.01. The molecule has 0 saturated heterocycles. The third-order valence-corrected chi connectivity index (χ3v) is 3.87. The van der Waals surface area contributed by atoms with Gasteiger partial charge in [-0.05, 0) is 31.5 Å². The molecule has 0 unspecified atom stereocenters. The number of amides is 1. The van der Waals surface area contributed by atoms with Crippen molar-refractivity contribution < 1.29 is 9.90 Å². The van der Waals surface area contributed by atoms with E-state index in [0.717, 1.165) is 16.3 Å². The van der Waals surface area contributed by atoms with Crippen LogP contribution in [0.25, 0.3) is 5.69 Å². The van der Waals surface area contributed by atoms with E-state index in [1.54, 1.807) is 25.1 Å². The number of anilines is 1. The van der Waals surface area contributed by atoms with Crippen molar-refractivity contribution in [1.29, 1.82) is 0 Å². The number of rotatable bonds is 3. The van der Waals surface area contributed by atoms with Gasteiger partial charge in [0.25, 0.3) is 11.5 Å². The first kappa shape index (κ1) is 15.8. The molecule has 2 aromatic heterocycles. The van der Waals surface area contributed by atoms with Crippen molar-refractivity contribution in [2.24, 2.45) is 0 Å². The number of carbonyl (C=O) groups is 1. The normalized spacial score (nSPS) is 10.6. The second-order valence-electron chi connectivity index (χ2n) is 5.05. The average molecular weight is 343 g/mol. The van der Waals surface area contributed by atoms with Crippen molar-refractivity contribution in [1.82, 2.24) is 20.0 Å². The fourth-order valence-corrected chi connectivity index (χ4v) is 2.64. The highest BCUT2D eigenvalue weighted by Gasteiger charge is 2.18. The third-order valence-electron chi connectivity index (χ3n) is 3.12. The number of aromatic hydroxyl groups is 1. The Bertz CT molecular complexity index is 979. The quantitative estimate of drug-likeness (QED) is 0.748. The predicted molar refractivity (Wildman–Crippen MR) is 88.8 cm³/mol. The SMILES string of the molecule is Cc1cccc(-n2nc(C(=O)Nc3nnc(C)s3)c(O)cc2=O)c1. The van der Waals surface area contributed by atoms with Crippen LogP contribution in [-0.2, 0) is 0 Å². The van der Waals surface area contributed by atoms with Crippen LogP contribution in [0.2, 0.25) is 0 Å². The molecule has 0 bridgehead atoms. The zero-order valence-electron chi connectivity index (χ0n) is 12.8. The molecule has 0 fully saturated rings. The molecule has 1 amide bonds. The number of aryl methyl sites for hydroxylation is 2. The third kappa shape index (κ3) is 3.15. The molecule has 3 rings (SSSR count). The first-order chi connectivity index (χ1) is 11.4. The van der Waals surface area contributed by atoms with Crippen LogP contribution in [-0.4, -0.2) is 31.0 Å². The Morgan fingerprint density at radius 1 is 1.25 bits per heavy atom. The van der Waals surface area contributed by atoms with Gasteiger partial charge in [0, 0.05) is 6.07 Å². The first-order valence-electron chi connectivity index (χ1n) is 6.96. The van der Waals surface area contributed by atoms with Crippen LogP contribution < -0.4 is 10.9 Å². The summed E-state index contributed by atoms with van der Waals surface area (Å²) in [6.45, 7) is 3.63. The van der Waals surface area contributed by atoms with Crippen molar-refractivity contribution in [2.75, 3.05) is 5.32 Å². The van der Waals surface area contributed by atoms with E-state index in [2.05, 4.69) is 20.6 Å². The van der Waals surface area contributed by atoms with Crippen LogP contribution in [0.3, 0.4) is 0 Å². The molecule has 0 atom stereocenters. The molecule has 3 aromatic rings. The number of benzene rings is 1. The topological polar surface area (TPSA) is 110 Å². The van der Waals surface area contributed by atoms with E-state index in [-0.39, 0.29) is 10.8 Å². The summed E-state index contributed by atoms with van der Waals surface area (Å²) in [5.74, 6) is -1.17. The maximum absolute atomic E-state index is 12.3. The maximum Gasteiger partial charge on any atom is 0.281 e. The van der Waals surface area contributed by atoms with Crippen LogP contribution in [0.5, 0.6) is 5.75 Å². The maximum atomic E-state index is 12.3. The lowest BCUT2D eigenvalue weighted by atomic mass is 10.2. The van der Waals surface area contributed by atoms with Crippen molar-refractivity contribution in [3.8, 4) is 11.4 Å². The van der Waals surface area contributed by atoms with Gasteiger partial charge in [0.05, 0.1) is 5.69 Å². The Morgan fingerprint density at radius 2 is 2.04 bits per heavy atom. The first-order valence-corrected chi connectivity index (χ1v) is 7.77. The highest BCUT2D eigenvalue weighted by molar-refractivity contribution is 7.15. The van der Waals surface area contributed by atoms with Crippen molar-refractivity contribution in [3.63, 3.8) is 0 Å². The average Bonchev–Trinajstić information content (AvgIpc) is 2.92. The van der Waals surface area contributed by atoms with Gasteiger partial charge < -0.3 is 5.11 Å². The Hall–Kier alpha value is -3.07. The molecule has 24 heavy (non-hydrogen) atoms. The molecular weight excluding hydrogens is 330 g/mol. The standard InChI is InChI=1S/C15H13N5O3S/c1-8-4-3-5-10(6-8)20-12(22)7-11(21)13(19-20)14(23)16-15-18-17-9(2)24-15/h3-7,21H,1-2H3,(H,16,18,23). The number of nitrogens with zero attached hydrogens (tertiary/aromatic N) is 4. The van der Waals surface area contributed by atoms with Gasteiger partial charge in [-0.15, -0.1) is 10.2 Å². The second-order valence-corrected chi connectivity index (χ2v) is 6.23. The summed E-state index contributed by atoms with van der Waals surface area (Å²) in [5, 5.41) is 24.9. The minimum absolute atomic E-state index is 0.274. The lowest BCUT2D eigenvalue weighted by molar-refractivity contribution is 0.101. The monoisotopic (exact) mass is 343 g/mol. The van der Waals surface area contributed by atoms with Crippen molar-refractivity contribution >= 4 is 22.4 Å². The number of carbonyl (C=O) groups excluding carboxylic acids is 1. The molecular formula is C15H13N5O3S. The molecule has 122 valence electrons. The molecule has 2 heterocycles. The molecule has 0 spiro atoms. The summed E-state index contributed by atoms with van der Waals surface area (Å²) in [6.07, 6.45) is 0. The van der Waals surface area contributed by atoms with Gasteiger partial charge >= 0.3 is 0 Å². The molecule has 1 aromatic carbocycles. The predicted octanol–water partition coefficient (Wildman–Crippen LogP) is 1.66. The Labute approximate surface area is 140 Å². The molecule has 0 radical (unpaired) electrons. The lowest BCUT2D eigenvalue weighted by Gasteiger charge is -2.08.